The van der Waals surface area contributed by atoms with Crippen LogP contribution in [-0.2, 0) is 11.2 Å². The van der Waals surface area contributed by atoms with Gasteiger partial charge in [-0.15, -0.1) is 0 Å². The lowest BCUT2D eigenvalue weighted by Crippen LogP contribution is -2.36. The summed E-state index contributed by atoms with van der Waals surface area (Å²) >= 11 is 1.54. The van der Waals surface area contributed by atoms with Crippen LogP contribution in [0, 0.1) is 6.92 Å². The first-order valence-electron chi connectivity index (χ1n) is 8.60. The van der Waals surface area contributed by atoms with Crippen molar-refractivity contribution in [2.75, 3.05) is 17.2 Å². The number of rotatable bonds is 3. The van der Waals surface area contributed by atoms with Crippen LogP contribution in [-0.4, -0.2) is 23.2 Å². The molecule has 1 aliphatic rings. The summed E-state index contributed by atoms with van der Waals surface area (Å²) in [5, 5.41) is 2.08. The molecular formula is C21H20N2OS. The van der Waals surface area contributed by atoms with Crippen molar-refractivity contribution >= 4 is 34.3 Å². The summed E-state index contributed by atoms with van der Waals surface area (Å²) in [6, 6.07) is 18.5. The lowest BCUT2D eigenvalue weighted by molar-refractivity contribution is -0.116. The lowest BCUT2D eigenvalue weighted by Gasteiger charge is -2.29. The Bertz CT molecular complexity index is 938. The highest BCUT2D eigenvalue weighted by molar-refractivity contribution is 8.00. The molecular weight excluding hydrogens is 328 g/mol. The average Bonchev–Trinajstić information content (AvgIpc) is 2.65. The van der Waals surface area contributed by atoms with E-state index in [-0.39, 0.29) is 5.91 Å². The Kier molecular flexibility index (Phi) is 4.45. The molecule has 0 radical (unpaired) electrons. The second-order valence-corrected chi connectivity index (χ2v) is 7.33. The molecule has 0 N–H and O–H groups in total. The van der Waals surface area contributed by atoms with Crippen molar-refractivity contribution in [3.8, 4) is 0 Å². The first-order chi connectivity index (χ1) is 12.2. The van der Waals surface area contributed by atoms with Gasteiger partial charge in [-0.1, -0.05) is 48.2 Å². The summed E-state index contributed by atoms with van der Waals surface area (Å²) in [4.78, 5) is 19.4. The Hall–Kier alpha value is -2.33. The predicted octanol–water partition coefficient (Wildman–Crippen LogP) is 4.61. The van der Waals surface area contributed by atoms with Crippen molar-refractivity contribution in [1.29, 1.82) is 0 Å². The van der Waals surface area contributed by atoms with Gasteiger partial charge in [-0.2, -0.15) is 0 Å². The van der Waals surface area contributed by atoms with E-state index >= 15 is 0 Å². The van der Waals surface area contributed by atoms with E-state index in [1.807, 2.05) is 35.2 Å². The molecule has 0 fully saturated rings. The zero-order valence-electron chi connectivity index (χ0n) is 14.2. The zero-order valence-corrected chi connectivity index (χ0v) is 15.1. The lowest BCUT2D eigenvalue weighted by atomic mass is 10.0. The molecule has 0 saturated heterocycles. The third-order valence-electron chi connectivity index (χ3n) is 4.61. The summed E-state index contributed by atoms with van der Waals surface area (Å²) in [6.45, 7) is 2.86. The number of anilines is 1. The molecule has 3 aromatic rings. The number of aryl methyl sites for hydroxylation is 2. The predicted molar refractivity (Wildman–Crippen MR) is 104 cm³/mol. The van der Waals surface area contributed by atoms with Gasteiger partial charge in [0.2, 0.25) is 5.91 Å². The van der Waals surface area contributed by atoms with Crippen LogP contribution < -0.4 is 4.90 Å². The molecule has 1 amide bonds. The summed E-state index contributed by atoms with van der Waals surface area (Å²) < 4.78 is 0. The first-order valence-corrected chi connectivity index (χ1v) is 9.58. The van der Waals surface area contributed by atoms with Gasteiger partial charge in [-0.05, 0) is 49.1 Å². The van der Waals surface area contributed by atoms with E-state index in [0.29, 0.717) is 5.75 Å². The average molecular weight is 348 g/mol. The fourth-order valence-corrected chi connectivity index (χ4v) is 4.22. The second-order valence-electron chi connectivity index (χ2n) is 6.37. The maximum absolute atomic E-state index is 12.8. The molecule has 1 aliphatic heterocycles. The Labute approximate surface area is 152 Å². The van der Waals surface area contributed by atoms with Crippen molar-refractivity contribution in [1.82, 2.24) is 4.98 Å². The highest BCUT2D eigenvalue weighted by Crippen LogP contribution is 2.29. The Morgan fingerprint density at radius 1 is 1.16 bits per heavy atom. The molecule has 1 aromatic heterocycles. The maximum atomic E-state index is 12.8. The number of benzene rings is 2. The van der Waals surface area contributed by atoms with E-state index in [4.69, 9.17) is 4.98 Å². The van der Waals surface area contributed by atoms with Crippen LogP contribution in [0.3, 0.4) is 0 Å². The third kappa shape index (κ3) is 3.27. The topological polar surface area (TPSA) is 33.2 Å². The van der Waals surface area contributed by atoms with Crippen molar-refractivity contribution < 1.29 is 4.79 Å². The van der Waals surface area contributed by atoms with Gasteiger partial charge in [0.25, 0.3) is 0 Å². The van der Waals surface area contributed by atoms with Crippen LogP contribution in [0.1, 0.15) is 17.5 Å². The monoisotopic (exact) mass is 348 g/mol. The maximum Gasteiger partial charge on any atom is 0.237 e. The molecule has 0 spiro atoms. The third-order valence-corrected chi connectivity index (χ3v) is 5.69. The molecule has 2 aromatic carbocycles. The summed E-state index contributed by atoms with van der Waals surface area (Å²) in [7, 11) is 0. The molecule has 0 unspecified atom stereocenters. The van der Waals surface area contributed by atoms with Gasteiger partial charge in [0, 0.05) is 17.6 Å². The molecule has 0 atom stereocenters. The van der Waals surface area contributed by atoms with Gasteiger partial charge in [-0.25, -0.2) is 4.98 Å². The van der Waals surface area contributed by atoms with Crippen LogP contribution in [0.5, 0.6) is 0 Å². The van der Waals surface area contributed by atoms with Crippen molar-refractivity contribution in [3.05, 3.63) is 65.7 Å². The standard InChI is InChI=1S/C21H20N2OS/c1-15-13-17-8-2-4-10-18(17)22-21(15)25-14-20(24)23-12-6-9-16-7-3-5-11-19(16)23/h2-5,7-8,10-11,13H,6,9,12,14H2,1H3. The van der Waals surface area contributed by atoms with Gasteiger partial charge >= 0.3 is 0 Å². The smallest absolute Gasteiger partial charge is 0.237 e. The number of thioether (sulfide) groups is 1. The highest BCUT2D eigenvalue weighted by atomic mass is 32.2. The van der Waals surface area contributed by atoms with E-state index in [1.54, 1.807) is 0 Å². The quantitative estimate of drug-likeness (QED) is 0.648. The van der Waals surface area contributed by atoms with E-state index in [0.717, 1.165) is 46.6 Å². The number of aromatic nitrogens is 1. The van der Waals surface area contributed by atoms with Gasteiger partial charge in [0.15, 0.2) is 0 Å². The van der Waals surface area contributed by atoms with E-state index in [2.05, 4.69) is 31.2 Å². The van der Waals surface area contributed by atoms with Crippen molar-refractivity contribution in [2.24, 2.45) is 0 Å². The molecule has 4 rings (SSSR count). The van der Waals surface area contributed by atoms with E-state index in [9.17, 15) is 4.79 Å². The second kappa shape index (κ2) is 6.89. The molecule has 25 heavy (non-hydrogen) atoms. The number of amides is 1. The summed E-state index contributed by atoms with van der Waals surface area (Å²) in [6.07, 6.45) is 2.08. The number of carbonyl (C=O) groups excluding carboxylic acids is 1. The fraction of sp³-hybridized carbons (Fsp3) is 0.238. The molecule has 3 nitrogen and oxygen atoms in total. The number of carbonyl (C=O) groups is 1. The first kappa shape index (κ1) is 16.2. The number of nitrogens with zero attached hydrogens (tertiary/aromatic N) is 2. The largest absolute Gasteiger partial charge is 0.311 e. The van der Waals surface area contributed by atoms with Crippen LogP contribution in [0.25, 0.3) is 10.9 Å². The van der Waals surface area contributed by atoms with Crippen molar-refractivity contribution in [2.45, 2.75) is 24.8 Å². The number of para-hydroxylation sites is 2. The molecule has 126 valence electrons. The van der Waals surface area contributed by atoms with Crippen LogP contribution in [0.15, 0.2) is 59.6 Å². The molecule has 0 aliphatic carbocycles. The molecule has 2 heterocycles. The molecule has 0 saturated carbocycles. The van der Waals surface area contributed by atoms with E-state index < -0.39 is 0 Å². The van der Waals surface area contributed by atoms with Gasteiger partial charge < -0.3 is 4.90 Å². The minimum Gasteiger partial charge on any atom is -0.311 e. The minimum absolute atomic E-state index is 0.159. The van der Waals surface area contributed by atoms with E-state index in [1.165, 1.54) is 17.3 Å². The zero-order chi connectivity index (χ0) is 17.2. The number of hydrogen-bond acceptors (Lipinski definition) is 3. The Morgan fingerprint density at radius 2 is 1.96 bits per heavy atom. The Balaban J connectivity index is 1.52. The fourth-order valence-electron chi connectivity index (χ4n) is 3.35. The van der Waals surface area contributed by atoms with Gasteiger partial charge in [0.1, 0.15) is 5.03 Å². The van der Waals surface area contributed by atoms with Crippen molar-refractivity contribution in [3.63, 3.8) is 0 Å². The van der Waals surface area contributed by atoms with Gasteiger partial charge in [0.05, 0.1) is 11.3 Å². The van der Waals surface area contributed by atoms with Crippen LogP contribution in [0.2, 0.25) is 0 Å². The number of fused-ring (bicyclic) bond motifs is 2. The Morgan fingerprint density at radius 3 is 2.88 bits per heavy atom. The summed E-state index contributed by atoms with van der Waals surface area (Å²) in [5.41, 5.74) is 4.44. The van der Waals surface area contributed by atoms with Crippen LogP contribution in [0.4, 0.5) is 5.69 Å². The number of hydrogen-bond donors (Lipinski definition) is 0. The SMILES string of the molecule is Cc1cc2ccccc2nc1SCC(=O)N1CCCc2ccccc21. The normalized spacial score (nSPS) is 13.7. The number of pyridine rings is 1. The van der Waals surface area contributed by atoms with Crippen LogP contribution >= 0.6 is 11.8 Å². The minimum atomic E-state index is 0.159. The molecule has 0 bridgehead atoms. The van der Waals surface area contributed by atoms with Gasteiger partial charge in [-0.3, -0.25) is 4.79 Å². The molecule has 4 heteroatoms. The summed E-state index contributed by atoms with van der Waals surface area (Å²) in [5.74, 6) is 0.576. The highest BCUT2D eigenvalue weighted by Gasteiger charge is 2.22.